The molecule has 3 rings (SSSR count). The van der Waals surface area contributed by atoms with Gasteiger partial charge in [0, 0.05) is 11.4 Å². The van der Waals surface area contributed by atoms with Crippen molar-refractivity contribution < 1.29 is 18.3 Å². The monoisotopic (exact) mass is 461 g/mol. The average Bonchev–Trinajstić information content (AvgIpc) is 2.75. The number of nitrogens with one attached hydrogen (secondary N) is 1. The minimum atomic E-state index is -3.90. The minimum absolute atomic E-state index is 0.00931. The molecular weight excluding hydrogens is 438 g/mol. The van der Waals surface area contributed by atoms with Crippen LogP contribution in [0.2, 0.25) is 5.02 Å². The Balaban J connectivity index is 1.98. The molecule has 2 N–H and O–H groups in total. The molecule has 0 unspecified atom stereocenters. The third kappa shape index (κ3) is 5.72. The molecule has 0 bridgehead atoms. The van der Waals surface area contributed by atoms with Gasteiger partial charge in [-0.1, -0.05) is 55.8 Å². The summed E-state index contributed by atoms with van der Waals surface area (Å²) in [6.07, 6.45) is 1.45. The predicted octanol–water partition coefficient (Wildman–Crippen LogP) is 4.02. The van der Waals surface area contributed by atoms with Gasteiger partial charge in [0.1, 0.15) is 12.9 Å². The molecule has 3 aromatic rings. The number of rotatable bonds is 9. The molecular formula is C22H24ClN3O4S. The van der Waals surface area contributed by atoms with Crippen LogP contribution in [0.3, 0.4) is 0 Å². The van der Waals surface area contributed by atoms with E-state index >= 15 is 0 Å². The molecule has 0 radical (unpaired) electrons. The van der Waals surface area contributed by atoms with Crippen molar-refractivity contribution in [2.45, 2.75) is 31.1 Å². The van der Waals surface area contributed by atoms with Gasteiger partial charge in [-0.25, -0.2) is 18.4 Å². The van der Waals surface area contributed by atoms with Crippen LogP contribution in [0.15, 0.2) is 59.8 Å². The van der Waals surface area contributed by atoms with Gasteiger partial charge < -0.3 is 9.84 Å². The van der Waals surface area contributed by atoms with Gasteiger partial charge in [-0.3, -0.25) is 4.72 Å². The van der Waals surface area contributed by atoms with Crippen molar-refractivity contribution in [1.82, 2.24) is 9.97 Å². The minimum Gasteiger partial charge on any atom is -0.475 e. The molecule has 0 saturated carbocycles. The van der Waals surface area contributed by atoms with Crippen molar-refractivity contribution in [2.24, 2.45) is 0 Å². The number of benzene rings is 2. The second kappa shape index (κ2) is 10.1. The summed E-state index contributed by atoms with van der Waals surface area (Å²) in [5.74, 6) is 0.563. The van der Waals surface area contributed by atoms with Crippen LogP contribution in [0.1, 0.15) is 36.5 Å². The lowest BCUT2D eigenvalue weighted by Gasteiger charge is -2.16. The summed E-state index contributed by atoms with van der Waals surface area (Å²) in [5, 5.41) is 9.64. The highest BCUT2D eigenvalue weighted by Crippen LogP contribution is 2.29. The molecule has 1 aromatic heterocycles. The second-order valence-electron chi connectivity index (χ2n) is 7.18. The lowest BCUT2D eigenvalue weighted by molar-refractivity contribution is 0.195. The van der Waals surface area contributed by atoms with Crippen LogP contribution in [-0.4, -0.2) is 36.7 Å². The summed E-state index contributed by atoms with van der Waals surface area (Å²) in [6.45, 7) is 3.88. The highest BCUT2D eigenvalue weighted by molar-refractivity contribution is 7.92. The van der Waals surface area contributed by atoms with Gasteiger partial charge in [-0.05, 0) is 35.2 Å². The van der Waals surface area contributed by atoms with Crippen molar-refractivity contribution in [3.63, 3.8) is 0 Å². The van der Waals surface area contributed by atoms with E-state index in [0.717, 1.165) is 11.1 Å². The molecule has 1 heterocycles. The van der Waals surface area contributed by atoms with Gasteiger partial charge in [0.15, 0.2) is 5.82 Å². The van der Waals surface area contributed by atoms with Crippen LogP contribution in [0.4, 0.5) is 5.82 Å². The molecule has 2 aromatic carbocycles. The van der Waals surface area contributed by atoms with Gasteiger partial charge in [-0.15, -0.1) is 0 Å². The van der Waals surface area contributed by atoms with E-state index in [1.54, 1.807) is 36.4 Å². The number of nitrogens with zero attached hydrogens (tertiary/aromatic N) is 2. The van der Waals surface area contributed by atoms with Crippen LogP contribution in [0.25, 0.3) is 0 Å². The van der Waals surface area contributed by atoms with E-state index in [9.17, 15) is 8.42 Å². The summed E-state index contributed by atoms with van der Waals surface area (Å²) in [6, 6.07) is 13.9. The zero-order chi connectivity index (χ0) is 22.4. The molecule has 164 valence electrons. The highest BCUT2D eigenvalue weighted by Gasteiger charge is 2.21. The van der Waals surface area contributed by atoms with Crippen LogP contribution in [0.5, 0.6) is 5.88 Å². The quantitative estimate of drug-likeness (QED) is 0.499. The van der Waals surface area contributed by atoms with Gasteiger partial charge in [0.05, 0.1) is 17.1 Å². The number of hydrogen-bond acceptors (Lipinski definition) is 6. The normalized spacial score (nSPS) is 11.5. The fourth-order valence-electron chi connectivity index (χ4n) is 2.96. The number of aromatic nitrogens is 2. The average molecular weight is 462 g/mol. The van der Waals surface area contributed by atoms with Crippen LogP contribution < -0.4 is 9.46 Å². The number of sulfonamides is 1. The van der Waals surface area contributed by atoms with Crippen molar-refractivity contribution in [1.29, 1.82) is 0 Å². The van der Waals surface area contributed by atoms with Crippen LogP contribution in [-0.2, 0) is 16.4 Å². The van der Waals surface area contributed by atoms with E-state index in [1.807, 2.05) is 26.0 Å². The Morgan fingerprint density at radius 2 is 1.81 bits per heavy atom. The summed E-state index contributed by atoms with van der Waals surface area (Å²) < 4.78 is 34.1. The molecule has 0 fully saturated rings. The first-order valence-electron chi connectivity index (χ1n) is 9.75. The third-order valence-electron chi connectivity index (χ3n) is 4.65. The molecule has 0 aliphatic heterocycles. The second-order valence-corrected chi connectivity index (χ2v) is 9.27. The SMILES string of the molecule is CC(C)c1ccc(S(=O)(=O)Nc2ncnc(OCCO)c2Cc2ccccc2Cl)cc1. The Labute approximate surface area is 187 Å². The summed E-state index contributed by atoms with van der Waals surface area (Å²) in [4.78, 5) is 8.38. The zero-order valence-corrected chi connectivity index (χ0v) is 18.8. The van der Waals surface area contributed by atoms with Gasteiger partial charge in [0.25, 0.3) is 10.0 Å². The van der Waals surface area contributed by atoms with E-state index in [-0.39, 0.29) is 36.2 Å². The van der Waals surface area contributed by atoms with Gasteiger partial charge in [0.2, 0.25) is 5.88 Å². The van der Waals surface area contributed by atoms with E-state index < -0.39 is 10.0 Å². The van der Waals surface area contributed by atoms with E-state index in [2.05, 4.69) is 14.7 Å². The molecule has 0 spiro atoms. The maximum absolute atomic E-state index is 13.0. The smallest absolute Gasteiger partial charge is 0.263 e. The topological polar surface area (TPSA) is 101 Å². The standard InChI is InChI=1S/C22H24ClN3O4S/c1-15(2)16-7-9-18(10-8-16)31(28,29)26-21-19(13-17-5-3-4-6-20(17)23)22(25-14-24-21)30-12-11-27/h3-10,14-15,27H,11-13H2,1-2H3,(H,24,25,26). The maximum atomic E-state index is 13.0. The Kier molecular flexibility index (Phi) is 7.48. The van der Waals surface area contributed by atoms with E-state index in [0.29, 0.717) is 16.5 Å². The first-order chi connectivity index (χ1) is 14.8. The molecule has 0 aliphatic carbocycles. The molecule has 7 nitrogen and oxygen atoms in total. The van der Waals surface area contributed by atoms with Crippen molar-refractivity contribution in [2.75, 3.05) is 17.9 Å². The summed E-state index contributed by atoms with van der Waals surface area (Å²) >= 11 is 6.29. The first kappa shape index (κ1) is 23.0. The van der Waals surface area contributed by atoms with Crippen molar-refractivity contribution in [3.05, 3.63) is 76.6 Å². The summed E-state index contributed by atoms with van der Waals surface area (Å²) in [7, 11) is -3.90. The number of hydrogen-bond donors (Lipinski definition) is 2. The zero-order valence-electron chi connectivity index (χ0n) is 17.2. The third-order valence-corrected chi connectivity index (χ3v) is 6.37. The molecule has 0 atom stereocenters. The maximum Gasteiger partial charge on any atom is 0.263 e. The largest absolute Gasteiger partial charge is 0.475 e. The van der Waals surface area contributed by atoms with Gasteiger partial charge in [-0.2, -0.15) is 0 Å². The van der Waals surface area contributed by atoms with Crippen molar-refractivity contribution in [3.8, 4) is 5.88 Å². The fourth-order valence-corrected chi connectivity index (χ4v) is 4.21. The number of aliphatic hydroxyl groups excluding tert-OH is 1. The molecule has 0 saturated heterocycles. The Bertz CT molecular complexity index is 1140. The predicted molar refractivity (Wildman–Crippen MR) is 120 cm³/mol. The number of anilines is 1. The van der Waals surface area contributed by atoms with Gasteiger partial charge >= 0.3 is 0 Å². The molecule has 9 heteroatoms. The highest BCUT2D eigenvalue weighted by atomic mass is 35.5. The lowest BCUT2D eigenvalue weighted by Crippen LogP contribution is -2.17. The Hall–Kier alpha value is -2.68. The Morgan fingerprint density at radius 1 is 1.10 bits per heavy atom. The molecule has 0 aliphatic rings. The lowest BCUT2D eigenvalue weighted by atomic mass is 10.0. The van der Waals surface area contributed by atoms with Crippen molar-refractivity contribution >= 4 is 27.4 Å². The van der Waals surface area contributed by atoms with E-state index in [1.165, 1.54) is 6.33 Å². The molecule has 31 heavy (non-hydrogen) atoms. The number of aliphatic hydroxyl groups is 1. The number of halogens is 1. The fraction of sp³-hybridized carbons (Fsp3) is 0.273. The van der Waals surface area contributed by atoms with Crippen LogP contribution in [0, 0.1) is 0 Å². The first-order valence-corrected chi connectivity index (χ1v) is 11.6. The number of ether oxygens (including phenoxy) is 1. The Morgan fingerprint density at radius 3 is 2.45 bits per heavy atom. The van der Waals surface area contributed by atoms with Crippen LogP contribution >= 0.6 is 11.6 Å². The summed E-state index contributed by atoms with van der Waals surface area (Å²) in [5.41, 5.74) is 2.22. The molecule has 0 amide bonds. The van der Waals surface area contributed by atoms with E-state index in [4.69, 9.17) is 21.4 Å².